The van der Waals surface area contributed by atoms with Gasteiger partial charge < -0.3 is 10.1 Å². The summed E-state index contributed by atoms with van der Waals surface area (Å²) in [5, 5.41) is 11.0. The van der Waals surface area contributed by atoms with E-state index in [0.29, 0.717) is 11.6 Å². The Labute approximate surface area is 158 Å². The second kappa shape index (κ2) is 7.63. The predicted molar refractivity (Wildman–Crippen MR) is 105 cm³/mol. The summed E-state index contributed by atoms with van der Waals surface area (Å²) >= 11 is 0. The molecule has 0 radical (unpaired) electrons. The second-order valence-corrected chi connectivity index (χ2v) is 7.69. The molecule has 1 aromatic heterocycles. The number of hydrogen-bond donors (Lipinski definition) is 2. The quantitative estimate of drug-likeness (QED) is 0.674. The summed E-state index contributed by atoms with van der Waals surface area (Å²) in [4.78, 5) is 0.186. The van der Waals surface area contributed by atoms with E-state index in [2.05, 4.69) is 20.2 Å². The molecule has 3 aromatic rings. The van der Waals surface area contributed by atoms with Gasteiger partial charge in [0.1, 0.15) is 5.75 Å². The Balaban J connectivity index is 1.74. The van der Waals surface area contributed by atoms with Gasteiger partial charge in [0.15, 0.2) is 11.6 Å². The lowest BCUT2D eigenvalue weighted by Gasteiger charge is -2.10. The number of rotatable bonds is 6. The Morgan fingerprint density at radius 3 is 2.30 bits per heavy atom. The molecule has 0 spiro atoms. The van der Waals surface area contributed by atoms with Gasteiger partial charge in [-0.15, -0.1) is 10.2 Å². The largest absolute Gasteiger partial charge is 0.497 e. The molecule has 0 amide bonds. The lowest BCUT2D eigenvalue weighted by Crippen LogP contribution is -2.14. The van der Waals surface area contributed by atoms with Crippen molar-refractivity contribution in [3.8, 4) is 5.75 Å². The molecule has 0 bridgehead atoms. The first-order valence-corrected chi connectivity index (χ1v) is 9.70. The zero-order valence-corrected chi connectivity index (χ0v) is 16.0. The van der Waals surface area contributed by atoms with Crippen LogP contribution in [0.1, 0.15) is 11.1 Å². The molecule has 0 saturated carbocycles. The SMILES string of the molecule is COc1cccc(Nc2ccc(NS(=O)(=O)c3ccc(C)c(C)c3)nn2)c1. The van der Waals surface area contributed by atoms with E-state index < -0.39 is 10.0 Å². The van der Waals surface area contributed by atoms with E-state index in [0.717, 1.165) is 16.8 Å². The van der Waals surface area contributed by atoms with Crippen LogP contribution in [0.25, 0.3) is 0 Å². The average molecular weight is 384 g/mol. The molecule has 0 atom stereocenters. The van der Waals surface area contributed by atoms with Crippen LogP contribution in [-0.2, 0) is 10.0 Å². The fraction of sp³-hybridized carbons (Fsp3) is 0.158. The molecule has 7 nitrogen and oxygen atoms in total. The Kier molecular flexibility index (Phi) is 5.27. The van der Waals surface area contributed by atoms with Crippen LogP contribution in [-0.4, -0.2) is 25.7 Å². The molecule has 0 aliphatic heterocycles. The predicted octanol–water partition coefficient (Wildman–Crippen LogP) is 3.65. The number of anilines is 3. The lowest BCUT2D eigenvalue weighted by atomic mass is 10.1. The zero-order valence-electron chi connectivity index (χ0n) is 15.2. The molecule has 0 aliphatic carbocycles. The van der Waals surface area contributed by atoms with E-state index in [9.17, 15) is 8.42 Å². The Morgan fingerprint density at radius 1 is 0.889 bits per heavy atom. The van der Waals surface area contributed by atoms with Gasteiger partial charge in [0.05, 0.1) is 12.0 Å². The Morgan fingerprint density at radius 2 is 1.63 bits per heavy atom. The van der Waals surface area contributed by atoms with Crippen LogP contribution in [0.4, 0.5) is 17.3 Å². The summed E-state index contributed by atoms with van der Waals surface area (Å²) in [5.74, 6) is 1.34. The molecule has 27 heavy (non-hydrogen) atoms. The maximum Gasteiger partial charge on any atom is 0.263 e. The maximum absolute atomic E-state index is 12.5. The van der Waals surface area contributed by atoms with E-state index in [-0.39, 0.29) is 10.7 Å². The average Bonchev–Trinajstić information content (AvgIpc) is 2.65. The van der Waals surface area contributed by atoms with Gasteiger partial charge in [0, 0.05) is 11.8 Å². The maximum atomic E-state index is 12.5. The van der Waals surface area contributed by atoms with Crippen LogP contribution in [0.3, 0.4) is 0 Å². The van der Waals surface area contributed by atoms with Crippen LogP contribution in [0.2, 0.25) is 0 Å². The van der Waals surface area contributed by atoms with Crippen LogP contribution in [0, 0.1) is 13.8 Å². The molecule has 0 unspecified atom stereocenters. The number of methoxy groups -OCH3 is 1. The van der Waals surface area contributed by atoms with Gasteiger partial charge in [-0.3, -0.25) is 4.72 Å². The van der Waals surface area contributed by atoms with Gasteiger partial charge in [-0.2, -0.15) is 0 Å². The van der Waals surface area contributed by atoms with Crippen molar-refractivity contribution in [1.82, 2.24) is 10.2 Å². The summed E-state index contributed by atoms with van der Waals surface area (Å²) in [6.07, 6.45) is 0. The number of nitrogens with zero attached hydrogens (tertiary/aromatic N) is 2. The van der Waals surface area contributed by atoms with Crippen molar-refractivity contribution >= 4 is 27.3 Å². The second-order valence-electron chi connectivity index (χ2n) is 6.01. The summed E-state index contributed by atoms with van der Waals surface area (Å²) in [6, 6.07) is 15.5. The standard InChI is InChI=1S/C19H20N4O3S/c1-13-7-8-17(11-14(13)2)27(24,25)23-19-10-9-18(21-22-19)20-15-5-4-6-16(12-15)26-3/h4-12H,1-3H3,(H,20,21)(H,22,23). The Bertz CT molecular complexity index is 1050. The molecular formula is C19H20N4O3S. The molecule has 1 heterocycles. The minimum Gasteiger partial charge on any atom is -0.497 e. The molecule has 3 rings (SSSR count). The number of benzene rings is 2. The molecule has 140 valence electrons. The van der Waals surface area contributed by atoms with Crippen molar-refractivity contribution in [3.63, 3.8) is 0 Å². The molecular weight excluding hydrogens is 364 g/mol. The van der Waals surface area contributed by atoms with Crippen molar-refractivity contribution < 1.29 is 13.2 Å². The minimum atomic E-state index is -3.72. The van der Waals surface area contributed by atoms with Crippen LogP contribution >= 0.6 is 0 Å². The van der Waals surface area contributed by atoms with E-state index >= 15 is 0 Å². The molecule has 2 N–H and O–H groups in total. The summed E-state index contributed by atoms with van der Waals surface area (Å²) in [5.41, 5.74) is 2.72. The van der Waals surface area contributed by atoms with Crippen molar-refractivity contribution in [3.05, 3.63) is 65.7 Å². The first kappa shape index (κ1) is 18.7. The van der Waals surface area contributed by atoms with E-state index in [1.807, 2.05) is 38.1 Å². The van der Waals surface area contributed by atoms with Gasteiger partial charge in [-0.25, -0.2) is 8.42 Å². The highest BCUT2D eigenvalue weighted by molar-refractivity contribution is 7.92. The normalized spacial score (nSPS) is 11.1. The van der Waals surface area contributed by atoms with Gasteiger partial charge in [0.2, 0.25) is 0 Å². The molecule has 2 aromatic carbocycles. The van der Waals surface area contributed by atoms with Crippen molar-refractivity contribution in [2.75, 3.05) is 17.1 Å². The van der Waals surface area contributed by atoms with Crippen LogP contribution in [0.5, 0.6) is 5.75 Å². The number of ether oxygens (including phenoxy) is 1. The van der Waals surface area contributed by atoms with Crippen molar-refractivity contribution in [2.24, 2.45) is 0 Å². The number of aryl methyl sites for hydroxylation is 2. The third-order valence-electron chi connectivity index (χ3n) is 4.03. The van der Waals surface area contributed by atoms with Crippen LogP contribution < -0.4 is 14.8 Å². The van der Waals surface area contributed by atoms with Gasteiger partial charge in [0.25, 0.3) is 10.0 Å². The fourth-order valence-electron chi connectivity index (χ4n) is 2.38. The highest BCUT2D eigenvalue weighted by Gasteiger charge is 2.15. The number of nitrogens with one attached hydrogen (secondary N) is 2. The Hall–Kier alpha value is -3.13. The third kappa shape index (κ3) is 4.53. The number of aromatic nitrogens is 2. The minimum absolute atomic E-state index is 0.143. The topological polar surface area (TPSA) is 93.2 Å². The summed E-state index contributed by atoms with van der Waals surface area (Å²) in [7, 11) is -2.13. The van der Waals surface area contributed by atoms with E-state index in [1.165, 1.54) is 0 Å². The smallest absolute Gasteiger partial charge is 0.263 e. The van der Waals surface area contributed by atoms with Crippen molar-refractivity contribution in [2.45, 2.75) is 18.7 Å². The zero-order chi connectivity index (χ0) is 19.4. The van der Waals surface area contributed by atoms with Crippen LogP contribution in [0.15, 0.2) is 59.5 Å². The lowest BCUT2D eigenvalue weighted by molar-refractivity contribution is 0.415. The molecule has 0 saturated heterocycles. The number of sulfonamides is 1. The third-order valence-corrected chi connectivity index (χ3v) is 5.39. The van der Waals surface area contributed by atoms with E-state index in [1.54, 1.807) is 37.4 Å². The molecule has 0 aliphatic rings. The first-order valence-electron chi connectivity index (χ1n) is 8.22. The van der Waals surface area contributed by atoms with Gasteiger partial charge in [-0.1, -0.05) is 12.1 Å². The van der Waals surface area contributed by atoms with Gasteiger partial charge in [-0.05, 0) is 61.4 Å². The highest BCUT2D eigenvalue weighted by atomic mass is 32.2. The van der Waals surface area contributed by atoms with E-state index in [4.69, 9.17) is 4.74 Å². The monoisotopic (exact) mass is 384 g/mol. The fourth-order valence-corrected chi connectivity index (χ4v) is 3.46. The number of hydrogen-bond acceptors (Lipinski definition) is 6. The first-order chi connectivity index (χ1) is 12.9. The highest BCUT2D eigenvalue weighted by Crippen LogP contribution is 2.21. The van der Waals surface area contributed by atoms with Gasteiger partial charge >= 0.3 is 0 Å². The summed E-state index contributed by atoms with van der Waals surface area (Å²) < 4.78 is 32.6. The summed E-state index contributed by atoms with van der Waals surface area (Å²) in [6.45, 7) is 3.80. The molecule has 0 fully saturated rings. The molecule has 8 heteroatoms. The van der Waals surface area contributed by atoms with Crippen molar-refractivity contribution in [1.29, 1.82) is 0 Å².